The van der Waals surface area contributed by atoms with Gasteiger partial charge in [0.05, 0.1) is 13.1 Å². The van der Waals surface area contributed by atoms with Crippen LogP contribution >= 0.6 is 0 Å². The van der Waals surface area contributed by atoms with Gasteiger partial charge in [0.1, 0.15) is 0 Å². The molecular formula is C9H19N2O+. The molecule has 0 aromatic heterocycles. The summed E-state index contributed by atoms with van der Waals surface area (Å²) in [4.78, 5) is 10.9. The van der Waals surface area contributed by atoms with Crippen molar-refractivity contribution in [3.8, 4) is 0 Å². The Balaban J connectivity index is 2.09. The summed E-state index contributed by atoms with van der Waals surface area (Å²) in [6, 6.07) is 0. The third-order valence-corrected chi connectivity index (χ3v) is 2.47. The van der Waals surface area contributed by atoms with Crippen LogP contribution in [0.2, 0.25) is 0 Å². The lowest BCUT2D eigenvalue weighted by atomic mass is 9.98. The van der Waals surface area contributed by atoms with Crippen molar-refractivity contribution in [2.24, 2.45) is 5.92 Å². The minimum Gasteiger partial charge on any atom is -0.356 e. The number of piperidine rings is 1. The molecule has 0 saturated carbocycles. The van der Waals surface area contributed by atoms with Crippen LogP contribution in [-0.2, 0) is 4.79 Å². The fourth-order valence-corrected chi connectivity index (χ4v) is 1.58. The zero-order valence-corrected chi connectivity index (χ0v) is 7.81. The Kier molecular flexibility index (Phi) is 4.08. The standard InChI is InChI=1S/C9H18N2O/c1-2-9(12)11-7-8-3-5-10-6-4-8/h8,10H,2-7H2,1H3,(H,11,12)/p+1. The van der Waals surface area contributed by atoms with Gasteiger partial charge in [-0.3, -0.25) is 4.79 Å². The van der Waals surface area contributed by atoms with Crippen molar-refractivity contribution in [3.63, 3.8) is 0 Å². The molecule has 0 spiro atoms. The zero-order chi connectivity index (χ0) is 8.81. The zero-order valence-electron chi connectivity index (χ0n) is 7.81. The van der Waals surface area contributed by atoms with Crippen LogP contribution < -0.4 is 10.6 Å². The second-order valence-corrected chi connectivity index (χ2v) is 3.47. The van der Waals surface area contributed by atoms with Crippen molar-refractivity contribution >= 4 is 5.91 Å². The monoisotopic (exact) mass is 171 g/mol. The Morgan fingerprint density at radius 2 is 2.17 bits per heavy atom. The summed E-state index contributed by atoms with van der Waals surface area (Å²) in [5.41, 5.74) is 0. The summed E-state index contributed by atoms with van der Waals surface area (Å²) in [6.07, 6.45) is 3.12. The first kappa shape index (κ1) is 9.52. The molecule has 0 unspecified atom stereocenters. The molecule has 0 bridgehead atoms. The average molecular weight is 171 g/mol. The van der Waals surface area contributed by atoms with Gasteiger partial charge in [-0.15, -0.1) is 0 Å². The SMILES string of the molecule is CCC(=O)NCC1CC[NH2+]CC1. The second-order valence-electron chi connectivity index (χ2n) is 3.47. The Morgan fingerprint density at radius 3 is 2.75 bits per heavy atom. The highest BCUT2D eigenvalue weighted by Crippen LogP contribution is 2.06. The van der Waals surface area contributed by atoms with E-state index < -0.39 is 0 Å². The highest BCUT2D eigenvalue weighted by atomic mass is 16.1. The number of hydrogen-bond acceptors (Lipinski definition) is 1. The topological polar surface area (TPSA) is 45.7 Å². The maximum Gasteiger partial charge on any atom is 0.219 e. The molecule has 1 fully saturated rings. The lowest BCUT2D eigenvalue weighted by Crippen LogP contribution is -2.86. The third-order valence-electron chi connectivity index (χ3n) is 2.47. The summed E-state index contributed by atoms with van der Waals surface area (Å²) in [5, 5.41) is 5.29. The summed E-state index contributed by atoms with van der Waals surface area (Å²) < 4.78 is 0. The van der Waals surface area contributed by atoms with Gasteiger partial charge in [0.25, 0.3) is 0 Å². The largest absolute Gasteiger partial charge is 0.356 e. The van der Waals surface area contributed by atoms with Crippen LogP contribution in [0, 0.1) is 5.92 Å². The number of amides is 1. The van der Waals surface area contributed by atoms with E-state index >= 15 is 0 Å². The van der Waals surface area contributed by atoms with E-state index in [0.29, 0.717) is 6.42 Å². The van der Waals surface area contributed by atoms with Crippen LogP contribution in [0.1, 0.15) is 26.2 Å². The van der Waals surface area contributed by atoms with Crippen LogP contribution in [0.5, 0.6) is 0 Å². The van der Waals surface area contributed by atoms with Gasteiger partial charge in [-0.2, -0.15) is 0 Å². The fraction of sp³-hybridized carbons (Fsp3) is 0.889. The summed E-state index contributed by atoms with van der Waals surface area (Å²) in [7, 11) is 0. The quantitative estimate of drug-likeness (QED) is 0.590. The second kappa shape index (κ2) is 5.14. The van der Waals surface area contributed by atoms with E-state index in [0.717, 1.165) is 12.5 Å². The molecule has 3 heteroatoms. The first-order valence-electron chi connectivity index (χ1n) is 4.91. The molecule has 12 heavy (non-hydrogen) atoms. The minimum atomic E-state index is 0.185. The van der Waals surface area contributed by atoms with E-state index in [-0.39, 0.29) is 5.91 Å². The Morgan fingerprint density at radius 1 is 1.50 bits per heavy atom. The normalized spacial score (nSPS) is 19.1. The molecule has 1 rings (SSSR count). The van der Waals surface area contributed by atoms with Crippen molar-refractivity contribution < 1.29 is 10.1 Å². The molecule has 3 nitrogen and oxygen atoms in total. The number of nitrogens with two attached hydrogens (primary N) is 1. The van der Waals surface area contributed by atoms with Gasteiger partial charge in [0, 0.05) is 25.8 Å². The minimum absolute atomic E-state index is 0.185. The molecular weight excluding hydrogens is 152 g/mol. The molecule has 1 aliphatic heterocycles. The van der Waals surface area contributed by atoms with Crippen molar-refractivity contribution in [1.29, 1.82) is 0 Å². The van der Waals surface area contributed by atoms with E-state index in [2.05, 4.69) is 10.6 Å². The summed E-state index contributed by atoms with van der Waals surface area (Å²) in [6.45, 7) is 5.24. The Labute approximate surface area is 73.9 Å². The molecule has 1 heterocycles. The molecule has 0 atom stereocenters. The van der Waals surface area contributed by atoms with Crippen LogP contribution in [0.15, 0.2) is 0 Å². The Hall–Kier alpha value is -0.570. The average Bonchev–Trinajstić information content (AvgIpc) is 2.16. The van der Waals surface area contributed by atoms with Crippen LogP contribution in [0.25, 0.3) is 0 Å². The van der Waals surface area contributed by atoms with Gasteiger partial charge < -0.3 is 10.6 Å². The first-order chi connectivity index (χ1) is 5.83. The molecule has 0 radical (unpaired) electrons. The van der Waals surface area contributed by atoms with Gasteiger partial charge in [-0.1, -0.05) is 6.92 Å². The molecule has 3 N–H and O–H groups in total. The van der Waals surface area contributed by atoms with E-state index in [9.17, 15) is 4.79 Å². The van der Waals surface area contributed by atoms with E-state index in [4.69, 9.17) is 0 Å². The number of hydrogen-bond donors (Lipinski definition) is 2. The lowest BCUT2D eigenvalue weighted by molar-refractivity contribution is -0.664. The van der Waals surface area contributed by atoms with Crippen LogP contribution in [0.3, 0.4) is 0 Å². The lowest BCUT2D eigenvalue weighted by Gasteiger charge is -2.20. The molecule has 0 aliphatic carbocycles. The number of carbonyl (C=O) groups excluding carboxylic acids is 1. The highest BCUT2D eigenvalue weighted by Gasteiger charge is 2.15. The van der Waals surface area contributed by atoms with Crippen LogP contribution in [-0.4, -0.2) is 25.5 Å². The smallest absolute Gasteiger partial charge is 0.219 e. The number of nitrogens with one attached hydrogen (secondary N) is 1. The molecule has 1 amide bonds. The van der Waals surface area contributed by atoms with Gasteiger partial charge in [0.15, 0.2) is 0 Å². The Bertz CT molecular complexity index is 141. The van der Waals surface area contributed by atoms with Crippen molar-refractivity contribution in [3.05, 3.63) is 0 Å². The number of carbonyl (C=O) groups is 1. The van der Waals surface area contributed by atoms with Gasteiger partial charge >= 0.3 is 0 Å². The fourth-order valence-electron chi connectivity index (χ4n) is 1.58. The summed E-state index contributed by atoms with van der Waals surface area (Å²) in [5.74, 6) is 0.912. The molecule has 70 valence electrons. The van der Waals surface area contributed by atoms with Crippen molar-refractivity contribution in [2.45, 2.75) is 26.2 Å². The van der Waals surface area contributed by atoms with E-state index in [1.165, 1.54) is 25.9 Å². The molecule has 0 aromatic rings. The van der Waals surface area contributed by atoms with Gasteiger partial charge in [0.2, 0.25) is 5.91 Å². The van der Waals surface area contributed by atoms with E-state index in [1.807, 2.05) is 6.92 Å². The maximum atomic E-state index is 10.9. The van der Waals surface area contributed by atoms with Crippen molar-refractivity contribution in [2.75, 3.05) is 19.6 Å². The van der Waals surface area contributed by atoms with Crippen LogP contribution in [0.4, 0.5) is 0 Å². The molecule has 0 aromatic carbocycles. The van der Waals surface area contributed by atoms with Gasteiger partial charge in [-0.05, 0) is 5.92 Å². The predicted octanol–water partition coefficient (Wildman–Crippen LogP) is -0.514. The summed E-state index contributed by atoms with van der Waals surface area (Å²) >= 11 is 0. The molecule has 1 saturated heterocycles. The van der Waals surface area contributed by atoms with Crippen molar-refractivity contribution in [1.82, 2.24) is 5.32 Å². The molecule has 1 aliphatic rings. The first-order valence-corrected chi connectivity index (χ1v) is 4.91. The number of rotatable bonds is 3. The van der Waals surface area contributed by atoms with E-state index in [1.54, 1.807) is 0 Å². The maximum absolute atomic E-state index is 10.9. The third kappa shape index (κ3) is 3.22. The highest BCUT2D eigenvalue weighted by molar-refractivity contribution is 5.75. The number of quaternary nitrogens is 1. The predicted molar refractivity (Wildman–Crippen MR) is 47.7 cm³/mol. The van der Waals surface area contributed by atoms with Gasteiger partial charge in [-0.25, -0.2) is 0 Å².